The van der Waals surface area contributed by atoms with Crippen molar-refractivity contribution in [3.8, 4) is 0 Å². The van der Waals surface area contributed by atoms with Gasteiger partial charge in [-0.1, -0.05) is 38.5 Å². The van der Waals surface area contributed by atoms with Crippen LogP contribution in [0.5, 0.6) is 0 Å². The Bertz CT molecular complexity index is 1060. The Kier molecular flexibility index (Phi) is 6.83. The number of nitrogens with zero attached hydrogens (tertiary/aromatic N) is 4. The van der Waals surface area contributed by atoms with Crippen LogP contribution in [0.1, 0.15) is 94.7 Å². The Balaban J connectivity index is 1.61. The molecule has 7 heteroatoms. The zero-order chi connectivity index (χ0) is 24.6. The van der Waals surface area contributed by atoms with E-state index >= 15 is 0 Å². The maximum Gasteiger partial charge on any atom is 0.230 e. The molecule has 34 heavy (non-hydrogen) atoms. The summed E-state index contributed by atoms with van der Waals surface area (Å²) in [7, 11) is 0. The average molecular weight is 466 g/mol. The molecule has 1 saturated heterocycles. The van der Waals surface area contributed by atoms with Crippen molar-refractivity contribution in [2.45, 2.75) is 92.2 Å². The Hall–Kier alpha value is -2.70. The maximum absolute atomic E-state index is 13.5. The van der Waals surface area contributed by atoms with Crippen LogP contribution >= 0.6 is 0 Å². The van der Waals surface area contributed by atoms with Gasteiger partial charge in [-0.05, 0) is 63.0 Å². The van der Waals surface area contributed by atoms with Crippen LogP contribution < -0.4 is 5.32 Å². The molecule has 184 valence electrons. The molecule has 7 nitrogen and oxygen atoms in total. The van der Waals surface area contributed by atoms with Crippen molar-refractivity contribution in [2.24, 2.45) is 11.3 Å². The van der Waals surface area contributed by atoms with Crippen LogP contribution in [0.2, 0.25) is 0 Å². The third kappa shape index (κ3) is 5.34. The van der Waals surface area contributed by atoms with Gasteiger partial charge >= 0.3 is 0 Å². The van der Waals surface area contributed by atoms with Crippen molar-refractivity contribution in [1.29, 1.82) is 0 Å². The molecule has 2 atom stereocenters. The topological polar surface area (TPSA) is 80.1 Å². The predicted molar refractivity (Wildman–Crippen MR) is 133 cm³/mol. The van der Waals surface area contributed by atoms with Crippen molar-refractivity contribution < 1.29 is 9.59 Å². The zero-order valence-corrected chi connectivity index (χ0v) is 21.5. The van der Waals surface area contributed by atoms with Crippen LogP contribution in [0.3, 0.4) is 0 Å². The first kappa shape index (κ1) is 24.4. The van der Waals surface area contributed by atoms with Crippen molar-refractivity contribution in [1.82, 2.24) is 19.7 Å². The van der Waals surface area contributed by atoms with Crippen LogP contribution in [0.25, 0.3) is 0 Å². The summed E-state index contributed by atoms with van der Waals surface area (Å²) in [4.78, 5) is 27.9. The number of benzene rings is 1. The molecule has 2 fully saturated rings. The fourth-order valence-corrected chi connectivity index (χ4v) is 5.14. The number of likely N-dealkylation sites (tertiary alicyclic amines) is 1. The summed E-state index contributed by atoms with van der Waals surface area (Å²) >= 11 is 0. The van der Waals surface area contributed by atoms with E-state index in [1.54, 1.807) is 6.92 Å². The van der Waals surface area contributed by atoms with Crippen LogP contribution in [0, 0.1) is 25.2 Å². The molecule has 2 aliphatic rings. The van der Waals surface area contributed by atoms with Gasteiger partial charge in [0.2, 0.25) is 11.8 Å². The molecule has 2 amide bonds. The normalized spacial score (nSPS) is 20.6. The van der Waals surface area contributed by atoms with E-state index in [9.17, 15) is 9.59 Å². The van der Waals surface area contributed by atoms with Crippen LogP contribution in [0.4, 0.5) is 5.69 Å². The van der Waals surface area contributed by atoms with Crippen molar-refractivity contribution in [3.05, 3.63) is 41.0 Å². The maximum atomic E-state index is 13.5. The molecule has 2 heterocycles. The first-order chi connectivity index (χ1) is 16.0. The van der Waals surface area contributed by atoms with E-state index in [-0.39, 0.29) is 29.2 Å². The molecule has 0 unspecified atom stereocenters. The Morgan fingerprint density at radius 3 is 2.47 bits per heavy atom. The van der Waals surface area contributed by atoms with Gasteiger partial charge in [-0.3, -0.25) is 9.59 Å². The summed E-state index contributed by atoms with van der Waals surface area (Å²) in [5, 5.41) is 12.3. The lowest BCUT2D eigenvalue weighted by Crippen LogP contribution is -2.35. The number of rotatable bonds is 7. The molecular formula is C27H39N5O2. The SMILES string of the molecule is CC(=O)N1CC[C@H](C(=O)Nc2ccc(C)cc2C)[C@H]1c1nnc(CCCC(C)(C)C)n1C1CC1. The van der Waals surface area contributed by atoms with Gasteiger partial charge in [0.05, 0.1) is 5.92 Å². The van der Waals surface area contributed by atoms with Gasteiger partial charge in [0.25, 0.3) is 0 Å². The van der Waals surface area contributed by atoms with Crippen LogP contribution in [0.15, 0.2) is 18.2 Å². The molecule has 0 bridgehead atoms. The molecule has 1 saturated carbocycles. The van der Waals surface area contributed by atoms with Crippen molar-refractivity contribution in [3.63, 3.8) is 0 Å². The third-order valence-electron chi connectivity index (χ3n) is 7.08. The molecule has 4 rings (SSSR count). The lowest BCUT2D eigenvalue weighted by molar-refractivity contribution is -0.131. The molecule has 0 radical (unpaired) electrons. The monoisotopic (exact) mass is 465 g/mol. The molecule has 1 N–H and O–H groups in total. The van der Waals surface area contributed by atoms with Crippen molar-refractivity contribution in [2.75, 3.05) is 11.9 Å². The molecule has 2 aromatic rings. The summed E-state index contributed by atoms with van der Waals surface area (Å²) in [6.07, 6.45) is 5.85. The predicted octanol–water partition coefficient (Wildman–Crippen LogP) is 5.15. The first-order valence-corrected chi connectivity index (χ1v) is 12.6. The van der Waals surface area contributed by atoms with Gasteiger partial charge < -0.3 is 14.8 Å². The van der Waals surface area contributed by atoms with Gasteiger partial charge in [0.15, 0.2) is 5.82 Å². The van der Waals surface area contributed by atoms with Gasteiger partial charge in [-0.2, -0.15) is 0 Å². The Morgan fingerprint density at radius 1 is 1.12 bits per heavy atom. The number of aromatic nitrogens is 3. The Morgan fingerprint density at radius 2 is 1.85 bits per heavy atom. The summed E-state index contributed by atoms with van der Waals surface area (Å²) in [6, 6.07) is 6.02. The lowest BCUT2D eigenvalue weighted by Gasteiger charge is -2.27. The second-order valence-electron chi connectivity index (χ2n) is 11.3. The number of hydrogen-bond acceptors (Lipinski definition) is 4. The van der Waals surface area contributed by atoms with E-state index in [0.29, 0.717) is 19.0 Å². The Labute approximate surface area is 203 Å². The van der Waals surface area contributed by atoms with Crippen LogP contribution in [-0.2, 0) is 16.0 Å². The highest BCUT2D eigenvalue weighted by Crippen LogP contribution is 2.43. The number of hydrogen-bond donors (Lipinski definition) is 1. The van der Waals surface area contributed by atoms with Gasteiger partial charge in [0, 0.05) is 31.6 Å². The molecule has 0 spiro atoms. The van der Waals surface area contributed by atoms with E-state index in [2.05, 4.69) is 46.9 Å². The number of anilines is 1. The van der Waals surface area contributed by atoms with E-state index in [1.165, 1.54) is 0 Å². The standard InChI is InChI=1S/C27H39N5O2/c1-17-9-12-22(18(2)16-17)28-26(34)21-13-15-31(19(3)33)24(21)25-30-29-23(32(25)20-10-11-20)8-7-14-27(4,5)6/h9,12,16,20-21,24H,7-8,10-11,13-15H2,1-6H3,(H,28,34)/t21-,24-/m0/s1. The summed E-state index contributed by atoms with van der Waals surface area (Å²) in [5.41, 5.74) is 3.30. The van der Waals surface area contributed by atoms with Crippen molar-refractivity contribution >= 4 is 17.5 Å². The lowest BCUT2D eigenvalue weighted by atomic mass is 9.90. The number of carbonyl (C=O) groups is 2. The number of aryl methyl sites for hydroxylation is 3. The van der Waals surface area contributed by atoms with Crippen LogP contribution in [-0.4, -0.2) is 38.0 Å². The summed E-state index contributed by atoms with van der Waals surface area (Å²) < 4.78 is 2.26. The van der Waals surface area contributed by atoms with E-state index in [0.717, 1.165) is 60.6 Å². The largest absolute Gasteiger partial charge is 0.332 e. The molecule has 1 aromatic carbocycles. The zero-order valence-electron chi connectivity index (χ0n) is 21.5. The fraction of sp³-hybridized carbons (Fsp3) is 0.630. The second kappa shape index (κ2) is 9.51. The minimum Gasteiger partial charge on any atom is -0.332 e. The second-order valence-corrected chi connectivity index (χ2v) is 11.3. The quantitative estimate of drug-likeness (QED) is 0.613. The fourth-order valence-electron chi connectivity index (χ4n) is 5.14. The van der Waals surface area contributed by atoms with E-state index in [4.69, 9.17) is 0 Å². The highest BCUT2D eigenvalue weighted by Gasteiger charge is 2.45. The number of amides is 2. The summed E-state index contributed by atoms with van der Waals surface area (Å²) in [6.45, 7) is 13.0. The highest BCUT2D eigenvalue weighted by atomic mass is 16.2. The highest BCUT2D eigenvalue weighted by molar-refractivity contribution is 5.94. The smallest absolute Gasteiger partial charge is 0.230 e. The molecule has 1 aliphatic carbocycles. The minimum atomic E-state index is -0.382. The number of carbonyl (C=O) groups excluding carboxylic acids is 2. The molecular weight excluding hydrogens is 426 g/mol. The first-order valence-electron chi connectivity index (χ1n) is 12.6. The van der Waals surface area contributed by atoms with Gasteiger partial charge in [-0.15, -0.1) is 10.2 Å². The van der Waals surface area contributed by atoms with E-state index in [1.807, 2.05) is 30.9 Å². The van der Waals surface area contributed by atoms with Gasteiger partial charge in [0.1, 0.15) is 11.9 Å². The molecule has 1 aliphatic heterocycles. The minimum absolute atomic E-state index is 0.0218. The average Bonchev–Trinajstić information content (AvgIpc) is 3.33. The van der Waals surface area contributed by atoms with Gasteiger partial charge in [-0.25, -0.2) is 0 Å². The molecule has 1 aromatic heterocycles. The third-order valence-corrected chi connectivity index (χ3v) is 7.08. The summed E-state index contributed by atoms with van der Waals surface area (Å²) in [5.74, 6) is 1.34. The van der Waals surface area contributed by atoms with E-state index < -0.39 is 0 Å². The number of nitrogens with one attached hydrogen (secondary N) is 1.